The molecule has 0 spiro atoms. The van der Waals surface area contributed by atoms with Crippen LogP contribution in [0, 0.1) is 0 Å². The third kappa shape index (κ3) is 9.09. The van der Waals surface area contributed by atoms with Crippen LogP contribution in [0.2, 0.25) is 0 Å². The van der Waals surface area contributed by atoms with E-state index < -0.39 is 0 Å². The van der Waals surface area contributed by atoms with Gasteiger partial charge < -0.3 is 20.7 Å². The summed E-state index contributed by atoms with van der Waals surface area (Å²) < 4.78 is 5.81. The molecule has 0 aromatic heterocycles. The fourth-order valence-electron chi connectivity index (χ4n) is 1.73. The van der Waals surface area contributed by atoms with Crippen molar-refractivity contribution in [1.82, 2.24) is 10.2 Å². The molecule has 0 saturated heterocycles. The van der Waals surface area contributed by atoms with Crippen LogP contribution in [0.3, 0.4) is 0 Å². The lowest BCUT2D eigenvalue weighted by Gasteiger charge is -2.13. The number of para-hydroxylation sites is 1. The van der Waals surface area contributed by atoms with E-state index in [-0.39, 0.29) is 24.0 Å². The molecule has 0 aliphatic heterocycles. The summed E-state index contributed by atoms with van der Waals surface area (Å²) in [5, 5.41) is 3.11. The minimum absolute atomic E-state index is 0. The molecule has 0 aliphatic carbocycles. The molecule has 6 heteroatoms. The van der Waals surface area contributed by atoms with Gasteiger partial charge >= 0.3 is 0 Å². The Kier molecular flexibility index (Phi) is 11.9. The summed E-state index contributed by atoms with van der Waals surface area (Å²) in [7, 11) is 4.06. The molecule has 1 aromatic carbocycles. The van der Waals surface area contributed by atoms with E-state index in [1.165, 1.54) is 0 Å². The van der Waals surface area contributed by atoms with Gasteiger partial charge in [-0.05, 0) is 26.6 Å². The van der Waals surface area contributed by atoms with Crippen molar-refractivity contribution < 1.29 is 4.74 Å². The van der Waals surface area contributed by atoms with Crippen molar-refractivity contribution in [3.8, 4) is 5.75 Å². The Hall–Kier alpha value is -1.02. The predicted octanol–water partition coefficient (Wildman–Crippen LogP) is 2.45. The second-order valence-electron chi connectivity index (χ2n) is 5.24. The number of nitrogens with one attached hydrogen (secondary N) is 1. The highest BCUT2D eigenvalue weighted by Gasteiger charge is 2.03. The number of hydrogen-bond donors (Lipinski definition) is 2. The molecule has 0 saturated carbocycles. The summed E-state index contributed by atoms with van der Waals surface area (Å²) in [6, 6.07) is 7.96. The van der Waals surface area contributed by atoms with Crippen LogP contribution in [-0.4, -0.2) is 44.7 Å². The zero-order valence-corrected chi connectivity index (χ0v) is 16.2. The van der Waals surface area contributed by atoms with Crippen molar-refractivity contribution in [2.45, 2.75) is 26.3 Å². The van der Waals surface area contributed by atoms with Gasteiger partial charge in [-0.1, -0.05) is 31.5 Å². The maximum absolute atomic E-state index is 5.84. The van der Waals surface area contributed by atoms with Crippen molar-refractivity contribution >= 4 is 29.9 Å². The van der Waals surface area contributed by atoms with E-state index in [1.807, 2.05) is 38.4 Å². The van der Waals surface area contributed by atoms with Gasteiger partial charge in [0, 0.05) is 18.7 Å². The Balaban J connectivity index is 0.00000441. The van der Waals surface area contributed by atoms with Crippen LogP contribution in [0.25, 0.3) is 0 Å². The third-order valence-corrected chi connectivity index (χ3v) is 3.02. The van der Waals surface area contributed by atoms with E-state index in [0.29, 0.717) is 19.1 Å². The van der Waals surface area contributed by atoms with Crippen molar-refractivity contribution in [3.63, 3.8) is 0 Å². The molecular weight excluding hydrogens is 391 g/mol. The van der Waals surface area contributed by atoms with E-state index in [4.69, 9.17) is 10.5 Å². The average molecular weight is 420 g/mol. The number of nitrogens with zero attached hydrogens (tertiary/aromatic N) is 2. The Morgan fingerprint density at radius 2 is 2.05 bits per heavy atom. The molecule has 0 atom stereocenters. The summed E-state index contributed by atoms with van der Waals surface area (Å²) in [5.74, 6) is 1.37. The molecule has 0 fully saturated rings. The maximum Gasteiger partial charge on any atom is 0.188 e. The molecule has 0 amide bonds. The lowest BCUT2D eigenvalue weighted by Crippen LogP contribution is -2.32. The second-order valence-corrected chi connectivity index (χ2v) is 5.24. The first-order chi connectivity index (χ1) is 10.1. The van der Waals surface area contributed by atoms with Gasteiger partial charge in [0.05, 0.1) is 6.54 Å². The van der Waals surface area contributed by atoms with Crippen LogP contribution in [0.4, 0.5) is 0 Å². The standard InChI is InChI=1S/C16H28N4O.HI/c1-4-5-10-18-16(17)19-13-14-8-6-7-9-15(14)21-12-11-20(2)3;/h6-9H,4-5,10-13H2,1-3H3,(H3,17,18,19);1H. The monoisotopic (exact) mass is 420 g/mol. The SMILES string of the molecule is CCCCNC(N)=NCc1ccccc1OCCN(C)C.I. The number of likely N-dealkylation sites (N-methyl/N-ethyl adjacent to an activating group) is 1. The van der Waals surface area contributed by atoms with Crippen molar-refractivity contribution in [2.24, 2.45) is 10.7 Å². The maximum atomic E-state index is 5.84. The predicted molar refractivity (Wildman–Crippen MR) is 104 cm³/mol. The van der Waals surface area contributed by atoms with Crippen LogP contribution in [-0.2, 0) is 6.54 Å². The molecular formula is C16H29IN4O. The van der Waals surface area contributed by atoms with E-state index in [1.54, 1.807) is 0 Å². The number of halogens is 1. The molecule has 126 valence electrons. The molecule has 1 aromatic rings. The van der Waals surface area contributed by atoms with Gasteiger partial charge in [-0.2, -0.15) is 0 Å². The Morgan fingerprint density at radius 1 is 1.32 bits per heavy atom. The van der Waals surface area contributed by atoms with E-state index in [2.05, 4.69) is 22.1 Å². The molecule has 0 heterocycles. The van der Waals surface area contributed by atoms with Gasteiger partial charge in [-0.3, -0.25) is 0 Å². The summed E-state index contributed by atoms with van der Waals surface area (Å²) in [6.07, 6.45) is 2.24. The topological polar surface area (TPSA) is 62.9 Å². The lowest BCUT2D eigenvalue weighted by molar-refractivity contribution is 0.259. The van der Waals surface area contributed by atoms with Crippen molar-refractivity contribution in [3.05, 3.63) is 29.8 Å². The lowest BCUT2D eigenvalue weighted by atomic mass is 10.2. The highest BCUT2D eigenvalue weighted by atomic mass is 127. The summed E-state index contributed by atoms with van der Waals surface area (Å²) >= 11 is 0. The first kappa shape index (κ1) is 21.0. The summed E-state index contributed by atoms with van der Waals surface area (Å²) in [4.78, 5) is 6.46. The minimum atomic E-state index is 0. The second kappa shape index (κ2) is 12.5. The molecule has 5 nitrogen and oxygen atoms in total. The zero-order valence-electron chi connectivity index (χ0n) is 13.8. The van der Waals surface area contributed by atoms with E-state index in [9.17, 15) is 0 Å². The van der Waals surface area contributed by atoms with E-state index >= 15 is 0 Å². The highest BCUT2D eigenvalue weighted by Crippen LogP contribution is 2.18. The number of hydrogen-bond acceptors (Lipinski definition) is 3. The Bertz CT molecular complexity index is 438. The van der Waals surface area contributed by atoms with Gasteiger partial charge in [-0.25, -0.2) is 4.99 Å². The number of benzene rings is 1. The zero-order chi connectivity index (χ0) is 15.5. The van der Waals surface area contributed by atoms with Crippen LogP contribution in [0.5, 0.6) is 5.75 Å². The smallest absolute Gasteiger partial charge is 0.188 e. The third-order valence-electron chi connectivity index (χ3n) is 3.02. The number of aliphatic imine (C=N–C) groups is 1. The largest absolute Gasteiger partial charge is 0.492 e. The number of nitrogens with two attached hydrogens (primary N) is 1. The highest BCUT2D eigenvalue weighted by molar-refractivity contribution is 14.0. The molecule has 0 aliphatic rings. The number of unbranched alkanes of at least 4 members (excludes halogenated alkanes) is 1. The van der Waals surface area contributed by atoms with Gasteiger partial charge in [0.15, 0.2) is 5.96 Å². The van der Waals surface area contributed by atoms with Crippen molar-refractivity contribution in [2.75, 3.05) is 33.8 Å². The van der Waals surface area contributed by atoms with Crippen LogP contribution < -0.4 is 15.8 Å². The number of rotatable bonds is 9. The van der Waals surface area contributed by atoms with Gasteiger partial charge in [-0.15, -0.1) is 24.0 Å². The number of ether oxygens (including phenoxy) is 1. The molecule has 3 N–H and O–H groups in total. The normalized spacial score (nSPS) is 11.2. The molecule has 0 bridgehead atoms. The fourth-order valence-corrected chi connectivity index (χ4v) is 1.73. The van der Waals surface area contributed by atoms with E-state index in [0.717, 1.165) is 37.2 Å². The first-order valence-electron chi connectivity index (χ1n) is 7.52. The molecule has 1 rings (SSSR count). The van der Waals surface area contributed by atoms with Crippen molar-refractivity contribution in [1.29, 1.82) is 0 Å². The van der Waals surface area contributed by atoms with Crippen LogP contribution in [0.15, 0.2) is 29.3 Å². The number of guanidine groups is 1. The van der Waals surface area contributed by atoms with Crippen LogP contribution in [0.1, 0.15) is 25.3 Å². The van der Waals surface area contributed by atoms with Gasteiger partial charge in [0.1, 0.15) is 12.4 Å². The van der Waals surface area contributed by atoms with Gasteiger partial charge in [0.2, 0.25) is 0 Å². The molecule has 22 heavy (non-hydrogen) atoms. The quantitative estimate of drug-likeness (QED) is 0.279. The van der Waals surface area contributed by atoms with Gasteiger partial charge in [0.25, 0.3) is 0 Å². The Morgan fingerprint density at radius 3 is 2.73 bits per heavy atom. The average Bonchev–Trinajstić information content (AvgIpc) is 2.46. The molecule has 0 unspecified atom stereocenters. The molecule has 0 radical (unpaired) electrons. The first-order valence-corrected chi connectivity index (χ1v) is 7.52. The summed E-state index contributed by atoms with van der Waals surface area (Å²) in [5.41, 5.74) is 6.90. The summed E-state index contributed by atoms with van der Waals surface area (Å²) in [6.45, 7) is 5.10. The fraction of sp³-hybridized carbons (Fsp3) is 0.562. The van der Waals surface area contributed by atoms with Crippen LogP contribution >= 0.6 is 24.0 Å². The Labute approximate surface area is 151 Å². The minimum Gasteiger partial charge on any atom is -0.492 e.